The molecule has 86 heavy (non-hydrogen) atoms. The Labute approximate surface area is 528 Å². The number of aliphatic hydroxyl groups is 2. The minimum Gasteiger partial charge on any atom is -0.435 e. The van der Waals surface area contributed by atoms with E-state index in [1.807, 2.05) is 60.7 Å². The van der Waals surface area contributed by atoms with Crippen LogP contribution in [0.1, 0.15) is 110 Å². The Morgan fingerprint density at radius 2 is 1.06 bits per heavy atom. The first kappa shape index (κ1) is 75.3. The molecule has 0 saturated carbocycles. The summed E-state index contributed by atoms with van der Waals surface area (Å²) in [6.45, 7) is -5.71. The number of guanidine groups is 2. The maximum Gasteiger partial charge on any atom is 0.387 e. The van der Waals surface area contributed by atoms with E-state index in [0.29, 0.717) is 36.1 Å². The van der Waals surface area contributed by atoms with Crippen molar-refractivity contribution in [2.24, 2.45) is 27.2 Å². The lowest BCUT2D eigenvalue weighted by Gasteiger charge is -2.26. The molecule has 1 aliphatic rings. The molecule has 6 aromatic carbocycles. The Balaban J connectivity index is 0.000000382. The highest BCUT2D eigenvalue weighted by Crippen LogP contribution is 2.40. The molecule has 0 aromatic heterocycles. The number of benzene rings is 6. The Kier molecular flexibility index (Phi) is 39.1. The molecule has 1 aliphatic heterocycles. The van der Waals surface area contributed by atoms with Crippen LogP contribution in [0.25, 0.3) is 0 Å². The highest BCUT2D eigenvalue weighted by Gasteiger charge is 2.49. The molecular weight excluding hydrogens is 1310 g/mol. The van der Waals surface area contributed by atoms with E-state index in [1.165, 1.54) is 66.5 Å². The molecule has 0 bridgehead atoms. The topological polar surface area (TPSA) is 182 Å². The number of aryl methyl sites for hydroxylation is 3. The van der Waals surface area contributed by atoms with E-state index in [4.69, 9.17) is 33.8 Å². The van der Waals surface area contributed by atoms with Crippen molar-refractivity contribution in [3.8, 4) is 35.7 Å². The molecule has 7 rings (SSSR count). The van der Waals surface area contributed by atoms with Gasteiger partial charge in [-0.2, -0.15) is 17.6 Å². The van der Waals surface area contributed by atoms with E-state index in [2.05, 4.69) is 115 Å². The number of halogens is 9. The van der Waals surface area contributed by atoms with Gasteiger partial charge >= 0.3 is 13.2 Å². The third kappa shape index (κ3) is 31.0. The second kappa shape index (κ2) is 44.6. The highest BCUT2D eigenvalue weighted by molar-refractivity contribution is 9.11. The lowest BCUT2D eigenvalue weighted by Crippen LogP contribution is -2.41. The molecule has 1 amide bonds. The first-order valence-electron chi connectivity index (χ1n) is 27.7. The number of aliphatic hydroxyl groups excluding tert-OH is 2. The standard InChI is InChI=1S/C22H24F3N3O2.C11H14BrF.C11H15BrO.C11H11BrO.C9H6F2O.C2H7N3/c1-28-19(29)22(27-21(28)26,16-9-11-18(12-10-16)30-20(24)25)17-8-5-7-15(14-17)6-3-2-4-13-23;3*12-11-7-4-6-10(9-11)5-2-1-3-8-13;1-2-7-3-5-8(6-4-7)12-9(10)11;1-5-2(3)4/h5,7-12,14,20H,2-4,6,13H2,1H3,(H2,26,27);4,6-7,9H,1-3,5,8H2;4,6-7,9,13H,1-3,5,8H2;4,6-7,9,13H,1,3,8H2;1,3-6,9H;1H3,(H4,3,4,5). The molecule has 6 aromatic rings. The predicted molar refractivity (Wildman–Crippen MR) is 345 cm³/mol. The first-order chi connectivity index (χ1) is 41.3. The van der Waals surface area contributed by atoms with Crippen molar-refractivity contribution in [3.63, 3.8) is 0 Å². The highest BCUT2D eigenvalue weighted by atomic mass is 79.9. The summed E-state index contributed by atoms with van der Waals surface area (Å²) in [7, 11) is 3.08. The van der Waals surface area contributed by atoms with Crippen molar-refractivity contribution in [1.82, 2.24) is 4.90 Å². The number of ether oxygens (including phenoxy) is 2. The molecule has 0 aliphatic carbocycles. The quantitative estimate of drug-likeness (QED) is 0.0138. The van der Waals surface area contributed by atoms with Gasteiger partial charge in [-0.15, -0.1) is 6.42 Å². The van der Waals surface area contributed by atoms with Gasteiger partial charge in [0.15, 0.2) is 17.5 Å². The fourth-order valence-electron chi connectivity index (χ4n) is 7.85. The van der Waals surface area contributed by atoms with Crippen LogP contribution in [-0.2, 0) is 29.6 Å². The summed E-state index contributed by atoms with van der Waals surface area (Å²) in [4.78, 5) is 22.4. The summed E-state index contributed by atoms with van der Waals surface area (Å²) in [6, 6.07) is 43.8. The predicted octanol–water partition coefficient (Wildman–Crippen LogP) is 15.0. The summed E-state index contributed by atoms with van der Waals surface area (Å²) in [5, 5.41) is 17.1. The van der Waals surface area contributed by atoms with E-state index in [9.17, 15) is 31.1 Å². The van der Waals surface area contributed by atoms with Crippen molar-refractivity contribution in [2.45, 2.75) is 109 Å². The first-order valence-corrected chi connectivity index (χ1v) is 30.1. The van der Waals surface area contributed by atoms with E-state index >= 15 is 0 Å². The third-order valence-corrected chi connectivity index (χ3v) is 13.7. The summed E-state index contributed by atoms with van der Waals surface area (Å²) in [5.41, 5.74) is 20.7. The number of nitrogens with two attached hydrogens (primary N) is 3. The normalized spacial score (nSPS) is 12.7. The number of alkyl halides is 6. The van der Waals surface area contributed by atoms with Gasteiger partial charge in [-0.1, -0.05) is 152 Å². The second-order valence-corrected chi connectivity index (χ2v) is 21.5. The van der Waals surface area contributed by atoms with E-state index < -0.39 is 18.8 Å². The fourth-order valence-corrected chi connectivity index (χ4v) is 9.14. The molecular formula is C66H77Br3F6N6O5. The fraction of sp³-hybridized carbons (Fsp3) is 0.348. The van der Waals surface area contributed by atoms with Gasteiger partial charge in [-0.05, 0) is 171 Å². The van der Waals surface area contributed by atoms with Gasteiger partial charge in [0, 0.05) is 58.3 Å². The Hall–Kier alpha value is -6.81. The van der Waals surface area contributed by atoms with Gasteiger partial charge in [-0.25, -0.2) is 4.99 Å². The van der Waals surface area contributed by atoms with Crippen molar-refractivity contribution in [2.75, 3.05) is 40.7 Å². The number of likely N-dealkylation sites (N-methyl/N-ethyl adjacent to an activating group) is 1. The molecule has 0 saturated heterocycles. The van der Waals surface area contributed by atoms with E-state index in [0.717, 1.165) is 102 Å². The van der Waals surface area contributed by atoms with Crippen LogP contribution in [0.5, 0.6) is 11.5 Å². The van der Waals surface area contributed by atoms with Crippen LogP contribution in [0, 0.1) is 24.2 Å². The minimum atomic E-state index is -2.94. The van der Waals surface area contributed by atoms with Gasteiger partial charge in [0.2, 0.25) is 0 Å². The molecule has 1 heterocycles. The number of carbonyl (C=O) groups excluding carboxylic acids is 1. The molecule has 1 atom stereocenters. The average molecular weight is 1390 g/mol. The number of unbranched alkanes of at least 4 members (excludes halogenated alkanes) is 7. The molecule has 0 fully saturated rings. The largest absolute Gasteiger partial charge is 0.435 e. The van der Waals surface area contributed by atoms with Crippen LogP contribution in [0.3, 0.4) is 0 Å². The van der Waals surface area contributed by atoms with Gasteiger partial charge in [-0.3, -0.25) is 23.5 Å². The van der Waals surface area contributed by atoms with Gasteiger partial charge in [0.25, 0.3) is 5.91 Å². The van der Waals surface area contributed by atoms with Crippen LogP contribution in [0.15, 0.2) is 169 Å². The van der Waals surface area contributed by atoms with E-state index in [-0.39, 0.29) is 49.3 Å². The zero-order valence-corrected chi connectivity index (χ0v) is 53.2. The third-order valence-electron chi connectivity index (χ3n) is 12.2. The number of rotatable bonds is 23. The molecule has 1 unspecified atom stereocenters. The van der Waals surface area contributed by atoms with Gasteiger partial charge in [0.05, 0.1) is 13.3 Å². The summed E-state index contributed by atoms with van der Waals surface area (Å²) >= 11 is 10.2. The Morgan fingerprint density at radius 1 is 0.616 bits per heavy atom. The SMILES string of the molecule is C#Cc1ccc(OC(F)F)cc1.CN1C(=O)C(c2ccc(OC(F)F)cc2)(c2cccc(CCCCCF)c2)N=C1N.CN=C(N)N.FCCCCCc1cccc(Br)c1.OCCCC#Cc1cccc(Br)c1.OCCCCCc1cccc(Br)c1. The zero-order valence-electron chi connectivity index (χ0n) is 48.4. The summed E-state index contributed by atoms with van der Waals surface area (Å²) < 4.78 is 84.2. The monoisotopic (exact) mass is 1380 g/mol. The van der Waals surface area contributed by atoms with Gasteiger partial charge < -0.3 is 36.9 Å². The smallest absolute Gasteiger partial charge is 0.387 e. The maximum atomic E-state index is 13.3. The lowest BCUT2D eigenvalue weighted by atomic mass is 9.82. The number of aliphatic imine (C=N–C) groups is 2. The molecule has 8 N–H and O–H groups in total. The van der Waals surface area contributed by atoms with E-state index in [1.54, 1.807) is 18.2 Å². The van der Waals surface area contributed by atoms with Crippen LogP contribution < -0.4 is 26.7 Å². The van der Waals surface area contributed by atoms with Crippen molar-refractivity contribution in [3.05, 3.63) is 198 Å². The second-order valence-electron chi connectivity index (χ2n) is 18.8. The summed E-state index contributed by atoms with van der Waals surface area (Å²) in [5.74, 6) is 8.36. The molecule has 0 spiro atoms. The summed E-state index contributed by atoms with van der Waals surface area (Å²) in [6.07, 6.45) is 17.6. The number of hydrogen-bond donors (Lipinski definition) is 5. The molecule has 11 nitrogen and oxygen atoms in total. The lowest BCUT2D eigenvalue weighted by molar-refractivity contribution is -0.129. The van der Waals surface area contributed by atoms with Gasteiger partial charge in [0.1, 0.15) is 11.5 Å². The van der Waals surface area contributed by atoms with Crippen molar-refractivity contribution >= 4 is 65.6 Å². The van der Waals surface area contributed by atoms with Crippen molar-refractivity contribution in [1.29, 1.82) is 0 Å². The molecule has 464 valence electrons. The Bertz CT molecular complexity index is 2980. The molecule has 0 radical (unpaired) electrons. The number of terminal acetylenes is 1. The number of carbonyl (C=O) groups is 1. The average Bonchev–Trinajstić information content (AvgIpc) is 2.33. The maximum absolute atomic E-state index is 13.3. The number of nitrogens with zero attached hydrogens (tertiary/aromatic N) is 3. The van der Waals surface area contributed by atoms with Crippen LogP contribution in [0.2, 0.25) is 0 Å². The zero-order chi connectivity index (χ0) is 63.5. The van der Waals surface area contributed by atoms with Crippen LogP contribution in [-0.4, -0.2) is 86.8 Å². The number of hydrogen-bond acceptors (Lipinski definition) is 8. The molecule has 20 heteroatoms. The van der Waals surface area contributed by atoms with Crippen LogP contribution in [0.4, 0.5) is 26.3 Å². The minimum absolute atomic E-state index is 0.0127. The van der Waals surface area contributed by atoms with Crippen molar-refractivity contribution < 1.29 is 50.8 Å². The Morgan fingerprint density at radius 3 is 1.47 bits per heavy atom. The number of amides is 1. The van der Waals surface area contributed by atoms with Crippen LogP contribution >= 0.6 is 47.8 Å².